The second kappa shape index (κ2) is 9.44. The quantitative estimate of drug-likeness (QED) is 0.786. The lowest BCUT2D eigenvalue weighted by molar-refractivity contribution is -0.141. The predicted molar refractivity (Wildman–Crippen MR) is 98.3 cm³/mol. The van der Waals surface area contributed by atoms with Gasteiger partial charge in [0, 0.05) is 19.0 Å². The SMILES string of the molecule is CCC(=O)N(Cc1ccc(OC)cc1)[C@@H](CC)C(=O)NC1CCCC1. The molecule has 0 saturated heterocycles. The molecule has 1 atom stereocenters. The molecule has 25 heavy (non-hydrogen) atoms. The van der Waals surface area contributed by atoms with Gasteiger partial charge in [-0.25, -0.2) is 0 Å². The average Bonchev–Trinajstić information content (AvgIpc) is 3.14. The zero-order chi connectivity index (χ0) is 18.2. The Morgan fingerprint density at radius 2 is 1.84 bits per heavy atom. The molecule has 0 spiro atoms. The van der Waals surface area contributed by atoms with Gasteiger partial charge in [0.25, 0.3) is 0 Å². The summed E-state index contributed by atoms with van der Waals surface area (Å²) in [5, 5.41) is 3.14. The molecule has 2 amide bonds. The van der Waals surface area contributed by atoms with E-state index in [1.807, 2.05) is 38.1 Å². The van der Waals surface area contributed by atoms with E-state index in [1.54, 1.807) is 12.0 Å². The molecular formula is C20H30N2O3. The highest BCUT2D eigenvalue weighted by molar-refractivity contribution is 5.87. The number of nitrogens with one attached hydrogen (secondary N) is 1. The summed E-state index contributed by atoms with van der Waals surface area (Å²) in [6.07, 6.45) is 5.44. The van der Waals surface area contributed by atoms with Crippen LogP contribution < -0.4 is 10.1 Å². The first-order chi connectivity index (χ1) is 12.1. The van der Waals surface area contributed by atoms with Crippen LogP contribution in [0.25, 0.3) is 0 Å². The maximum atomic E-state index is 12.8. The van der Waals surface area contributed by atoms with Crippen molar-refractivity contribution in [2.24, 2.45) is 0 Å². The molecular weight excluding hydrogens is 316 g/mol. The number of hydrogen-bond acceptors (Lipinski definition) is 3. The number of ether oxygens (including phenoxy) is 1. The van der Waals surface area contributed by atoms with Crippen molar-refractivity contribution in [3.05, 3.63) is 29.8 Å². The van der Waals surface area contributed by atoms with Crippen molar-refractivity contribution in [3.63, 3.8) is 0 Å². The fourth-order valence-electron chi connectivity index (χ4n) is 3.42. The van der Waals surface area contributed by atoms with Gasteiger partial charge >= 0.3 is 0 Å². The zero-order valence-corrected chi connectivity index (χ0v) is 15.6. The molecule has 0 aromatic heterocycles. The molecule has 1 aromatic rings. The number of nitrogens with zero attached hydrogens (tertiary/aromatic N) is 1. The third-order valence-corrected chi connectivity index (χ3v) is 4.90. The molecule has 0 aliphatic heterocycles. The van der Waals surface area contributed by atoms with Gasteiger partial charge in [-0.1, -0.05) is 38.8 Å². The van der Waals surface area contributed by atoms with Crippen LogP contribution >= 0.6 is 0 Å². The molecule has 1 aliphatic carbocycles. The molecule has 1 aliphatic rings. The minimum absolute atomic E-state index is 0.00393. The summed E-state index contributed by atoms with van der Waals surface area (Å²) < 4.78 is 5.18. The van der Waals surface area contributed by atoms with E-state index in [-0.39, 0.29) is 17.9 Å². The Morgan fingerprint density at radius 3 is 2.36 bits per heavy atom. The van der Waals surface area contributed by atoms with E-state index in [0.29, 0.717) is 19.4 Å². The zero-order valence-electron chi connectivity index (χ0n) is 15.6. The Labute approximate surface area is 150 Å². The van der Waals surface area contributed by atoms with Crippen molar-refractivity contribution in [3.8, 4) is 5.75 Å². The fraction of sp³-hybridized carbons (Fsp3) is 0.600. The first-order valence-electron chi connectivity index (χ1n) is 9.31. The number of carbonyl (C=O) groups excluding carboxylic acids is 2. The third-order valence-electron chi connectivity index (χ3n) is 4.90. The van der Waals surface area contributed by atoms with E-state index < -0.39 is 6.04 Å². The van der Waals surface area contributed by atoms with Gasteiger partial charge in [0.1, 0.15) is 11.8 Å². The highest BCUT2D eigenvalue weighted by Crippen LogP contribution is 2.20. The van der Waals surface area contributed by atoms with Crippen LogP contribution in [0.4, 0.5) is 0 Å². The molecule has 1 aromatic carbocycles. The van der Waals surface area contributed by atoms with Crippen LogP contribution in [0.15, 0.2) is 24.3 Å². The van der Waals surface area contributed by atoms with Gasteiger partial charge in [-0.15, -0.1) is 0 Å². The van der Waals surface area contributed by atoms with Gasteiger partial charge in [-0.05, 0) is 37.0 Å². The Morgan fingerprint density at radius 1 is 1.20 bits per heavy atom. The third kappa shape index (κ3) is 5.21. The molecule has 1 N–H and O–H groups in total. The summed E-state index contributed by atoms with van der Waals surface area (Å²) in [5.74, 6) is 0.761. The van der Waals surface area contributed by atoms with E-state index in [1.165, 1.54) is 12.8 Å². The maximum absolute atomic E-state index is 12.8. The summed E-state index contributed by atoms with van der Waals surface area (Å²) in [5.41, 5.74) is 0.995. The lowest BCUT2D eigenvalue weighted by atomic mass is 10.1. The smallest absolute Gasteiger partial charge is 0.243 e. The predicted octanol–water partition coefficient (Wildman–Crippen LogP) is 3.27. The van der Waals surface area contributed by atoms with Crippen LogP contribution in [0.3, 0.4) is 0 Å². The number of rotatable bonds is 8. The fourth-order valence-corrected chi connectivity index (χ4v) is 3.42. The molecule has 0 heterocycles. The number of benzene rings is 1. The van der Waals surface area contributed by atoms with Crippen LogP contribution in [0.2, 0.25) is 0 Å². The summed E-state index contributed by atoms with van der Waals surface area (Å²) in [6, 6.07) is 7.48. The van der Waals surface area contributed by atoms with Gasteiger partial charge in [0.2, 0.25) is 11.8 Å². The van der Waals surface area contributed by atoms with E-state index in [2.05, 4.69) is 5.32 Å². The first kappa shape index (κ1) is 19.3. The van der Waals surface area contributed by atoms with E-state index in [4.69, 9.17) is 4.74 Å². The van der Waals surface area contributed by atoms with E-state index in [0.717, 1.165) is 24.2 Å². The summed E-state index contributed by atoms with van der Waals surface area (Å²) >= 11 is 0. The Hall–Kier alpha value is -2.04. The number of methoxy groups -OCH3 is 1. The van der Waals surface area contributed by atoms with Gasteiger partial charge in [-0.3, -0.25) is 9.59 Å². The van der Waals surface area contributed by atoms with E-state index in [9.17, 15) is 9.59 Å². The van der Waals surface area contributed by atoms with Crippen molar-refractivity contribution in [2.75, 3.05) is 7.11 Å². The normalized spacial score (nSPS) is 15.6. The maximum Gasteiger partial charge on any atom is 0.243 e. The summed E-state index contributed by atoms with van der Waals surface area (Å²) in [7, 11) is 1.63. The van der Waals surface area contributed by atoms with Crippen molar-refractivity contribution in [1.29, 1.82) is 0 Å². The van der Waals surface area contributed by atoms with Crippen LogP contribution in [-0.4, -0.2) is 35.9 Å². The first-order valence-corrected chi connectivity index (χ1v) is 9.31. The minimum atomic E-state index is -0.421. The molecule has 1 fully saturated rings. The Kier molecular flexibility index (Phi) is 7.29. The van der Waals surface area contributed by atoms with Crippen molar-refractivity contribution in [1.82, 2.24) is 10.2 Å². The summed E-state index contributed by atoms with van der Waals surface area (Å²) in [6.45, 7) is 4.24. The molecule has 0 radical (unpaired) electrons. The highest BCUT2D eigenvalue weighted by Gasteiger charge is 2.29. The van der Waals surface area contributed by atoms with Crippen molar-refractivity contribution >= 4 is 11.8 Å². The molecule has 5 nitrogen and oxygen atoms in total. The Balaban J connectivity index is 2.11. The second-order valence-corrected chi connectivity index (χ2v) is 6.64. The van der Waals surface area contributed by atoms with Gasteiger partial charge in [-0.2, -0.15) is 0 Å². The Bertz CT molecular complexity index is 565. The van der Waals surface area contributed by atoms with Gasteiger partial charge in [0.15, 0.2) is 0 Å². The number of amides is 2. The number of carbonyl (C=O) groups is 2. The van der Waals surface area contributed by atoms with Gasteiger partial charge < -0.3 is 15.0 Å². The lowest BCUT2D eigenvalue weighted by Crippen LogP contribution is -2.50. The second-order valence-electron chi connectivity index (χ2n) is 6.64. The highest BCUT2D eigenvalue weighted by atomic mass is 16.5. The van der Waals surface area contributed by atoms with E-state index >= 15 is 0 Å². The van der Waals surface area contributed by atoms with Crippen molar-refractivity contribution < 1.29 is 14.3 Å². The van der Waals surface area contributed by atoms with Crippen LogP contribution in [-0.2, 0) is 16.1 Å². The average molecular weight is 346 g/mol. The molecule has 1 saturated carbocycles. The van der Waals surface area contributed by atoms with Crippen LogP contribution in [0.1, 0.15) is 57.9 Å². The summed E-state index contributed by atoms with van der Waals surface area (Å²) in [4.78, 5) is 27.0. The molecule has 2 rings (SSSR count). The molecule has 5 heteroatoms. The number of hydrogen-bond donors (Lipinski definition) is 1. The molecule has 0 bridgehead atoms. The standard InChI is InChI=1S/C20H30N2O3/c1-4-18(20(24)21-16-8-6-7-9-16)22(19(23)5-2)14-15-10-12-17(25-3)13-11-15/h10-13,16,18H,4-9,14H2,1-3H3,(H,21,24)/t18-/m0/s1. The molecule has 0 unspecified atom stereocenters. The van der Waals surface area contributed by atoms with Crippen LogP contribution in [0, 0.1) is 0 Å². The minimum Gasteiger partial charge on any atom is -0.497 e. The lowest BCUT2D eigenvalue weighted by Gasteiger charge is -2.31. The monoisotopic (exact) mass is 346 g/mol. The largest absolute Gasteiger partial charge is 0.497 e. The van der Waals surface area contributed by atoms with Gasteiger partial charge in [0.05, 0.1) is 7.11 Å². The molecule has 138 valence electrons. The van der Waals surface area contributed by atoms with Crippen LogP contribution in [0.5, 0.6) is 5.75 Å². The topological polar surface area (TPSA) is 58.6 Å². The van der Waals surface area contributed by atoms with Crippen molar-refractivity contribution in [2.45, 2.75) is 71.0 Å².